The van der Waals surface area contributed by atoms with E-state index in [0.29, 0.717) is 0 Å². The lowest BCUT2D eigenvalue weighted by atomic mass is 10.2. The summed E-state index contributed by atoms with van der Waals surface area (Å²) in [6, 6.07) is 3.10. The largest absolute Gasteiger partial charge is 0.264 e. The van der Waals surface area contributed by atoms with Gasteiger partial charge in [0, 0.05) is 20.7 Å². The van der Waals surface area contributed by atoms with Crippen molar-refractivity contribution in [2.45, 2.75) is 11.3 Å². The molecule has 0 bridgehead atoms. The Morgan fingerprint density at radius 3 is 2.29 bits per heavy atom. The van der Waals surface area contributed by atoms with Crippen LogP contribution in [0, 0.1) is 0 Å². The van der Waals surface area contributed by atoms with Crippen molar-refractivity contribution < 1.29 is 17.2 Å². The monoisotopic (exact) mass is 304 g/mol. The third-order valence-electron chi connectivity index (χ3n) is 1.49. The number of alkyl halides is 2. The molecule has 0 amide bonds. The first-order valence-electron chi connectivity index (χ1n) is 3.34. The molecule has 0 aromatic heterocycles. The average molecular weight is 306 g/mol. The van der Waals surface area contributed by atoms with Gasteiger partial charge in [0.2, 0.25) is 0 Å². The van der Waals surface area contributed by atoms with Crippen LogP contribution in [0.1, 0.15) is 12.0 Å². The van der Waals surface area contributed by atoms with Crippen LogP contribution in [-0.4, -0.2) is 8.42 Å². The number of rotatable bonds is 2. The van der Waals surface area contributed by atoms with Gasteiger partial charge in [-0.15, -0.1) is 0 Å². The van der Waals surface area contributed by atoms with Gasteiger partial charge in [0.1, 0.15) is 0 Å². The van der Waals surface area contributed by atoms with Gasteiger partial charge in [-0.1, -0.05) is 22.0 Å². The lowest BCUT2D eigenvalue weighted by Gasteiger charge is -2.03. The predicted octanol–water partition coefficient (Wildman–Crippen LogP) is 3.31. The molecule has 0 saturated heterocycles. The molecule has 0 atom stereocenters. The summed E-state index contributed by atoms with van der Waals surface area (Å²) in [5.41, 5.74) is -0.269. The normalized spacial score (nSPS) is 12.1. The molecule has 78 valence electrons. The second kappa shape index (κ2) is 4.12. The minimum atomic E-state index is -3.87. The van der Waals surface area contributed by atoms with E-state index in [9.17, 15) is 17.2 Å². The maximum absolute atomic E-state index is 12.2. The van der Waals surface area contributed by atoms with Crippen LogP contribution in [0.4, 0.5) is 8.78 Å². The van der Waals surface area contributed by atoms with Crippen LogP contribution in [-0.2, 0) is 9.05 Å². The highest BCUT2D eigenvalue weighted by molar-refractivity contribution is 9.10. The number of halogens is 4. The summed E-state index contributed by atoms with van der Waals surface area (Å²) in [6.45, 7) is 0. The first-order chi connectivity index (χ1) is 6.32. The highest BCUT2D eigenvalue weighted by Gasteiger charge is 2.16. The molecule has 0 radical (unpaired) electrons. The van der Waals surface area contributed by atoms with E-state index in [2.05, 4.69) is 15.9 Å². The van der Waals surface area contributed by atoms with E-state index in [4.69, 9.17) is 10.7 Å². The molecule has 0 fully saturated rings. The minimum absolute atomic E-state index is 0.0224. The molecule has 0 aliphatic carbocycles. The van der Waals surface area contributed by atoms with Gasteiger partial charge in [-0.2, -0.15) is 0 Å². The van der Waals surface area contributed by atoms with Crippen molar-refractivity contribution in [1.82, 2.24) is 0 Å². The second-order valence-corrected chi connectivity index (χ2v) is 5.84. The Morgan fingerprint density at radius 1 is 1.36 bits per heavy atom. The van der Waals surface area contributed by atoms with Crippen LogP contribution >= 0.6 is 26.6 Å². The fraction of sp³-hybridized carbons (Fsp3) is 0.143. The van der Waals surface area contributed by atoms with Crippen LogP contribution < -0.4 is 0 Å². The Hall–Kier alpha value is -0.200. The molecule has 1 aromatic carbocycles. The fourth-order valence-electron chi connectivity index (χ4n) is 0.836. The lowest BCUT2D eigenvalue weighted by molar-refractivity contribution is 0.150. The Balaban J connectivity index is 3.27. The molecule has 0 heterocycles. The van der Waals surface area contributed by atoms with Crippen LogP contribution in [0.2, 0.25) is 0 Å². The maximum Gasteiger partial charge on any atom is 0.264 e. The summed E-state index contributed by atoms with van der Waals surface area (Å²) in [5.74, 6) is 0. The number of hydrogen-bond donors (Lipinski definition) is 0. The predicted molar refractivity (Wildman–Crippen MR) is 52.1 cm³/mol. The molecule has 0 spiro atoms. The summed E-state index contributed by atoms with van der Waals surface area (Å²) < 4.78 is 46.2. The smallest absolute Gasteiger partial charge is 0.207 e. The molecule has 0 aliphatic heterocycles. The van der Waals surface area contributed by atoms with Crippen LogP contribution in [0.3, 0.4) is 0 Å². The lowest BCUT2D eigenvalue weighted by Crippen LogP contribution is -1.93. The van der Waals surface area contributed by atoms with E-state index in [0.717, 1.165) is 18.2 Å². The highest BCUT2D eigenvalue weighted by atomic mass is 79.9. The van der Waals surface area contributed by atoms with Crippen molar-refractivity contribution in [2.24, 2.45) is 0 Å². The van der Waals surface area contributed by atoms with Crippen molar-refractivity contribution in [3.05, 3.63) is 28.2 Å². The first-order valence-corrected chi connectivity index (χ1v) is 6.45. The molecule has 7 heteroatoms. The zero-order valence-electron chi connectivity index (χ0n) is 6.55. The van der Waals surface area contributed by atoms with E-state index in [1.54, 1.807) is 0 Å². The Bertz CT molecular complexity index is 447. The molecule has 2 nitrogen and oxygen atoms in total. The third-order valence-corrected chi connectivity index (χ3v) is 3.53. The zero-order valence-corrected chi connectivity index (χ0v) is 9.70. The second-order valence-electron chi connectivity index (χ2n) is 2.42. The van der Waals surface area contributed by atoms with E-state index in [-0.39, 0.29) is 14.9 Å². The van der Waals surface area contributed by atoms with Gasteiger partial charge < -0.3 is 0 Å². The quantitative estimate of drug-likeness (QED) is 0.786. The Labute approximate surface area is 92.4 Å². The number of hydrogen-bond acceptors (Lipinski definition) is 2. The third kappa shape index (κ3) is 2.65. The van der Waals surface area contributed by atoms with Gasteiger partial charge >= 0.3 is 0 Å². The summed E-state index contributed by atoms with van der Waals surface area (Å²) >= 11 is 2.84. The standard InChI is InChI=1S/C7H4BrClF2O2S/c8-6-3-4(14(9,12)13)1-2-5(6)7(10)11/h1-3,7H. The summed E-state index contributed by atoms with van der Waals surface area (Å²) in [7, 11) is 1.16. The fourth-order valence-corrected chi connectivity index (χ4v) is 2.32. The SMILES string of the molecule is O=S(=O)(Cl)c1ccc(C(F)F)c(Br)c1. The van der Waals surface area contributed by atoms with Gasteiger partial charge in [-0.3, -0.25) is 0 Å². The molecular weight excluding hydrogens is 301 g/mol. The zero-order chi connectivity index (χ0) is 10.9. The summed E-state index contributed by atoms with van der Waals surface area (Å²) in [5, 5.41) is 0. The topological polar surface area (TPSA) is 34.1 Å². The van der Waals surface area contributed by atoms with Gasteiger partial charge in [-0.05, 0) is 12.1 Å². The molecule has 0 unspecified atom stereocenters. The van der Waals surface area contributed by atoms with Gasteiger partial charge in [0.05, 0.1) is 4.90 Å². The Morgan fingerprint density at radius 2 is 1.93 bits per heavy atom. The molecule has 0 aliphatic rings. The number of benzene rings is 1. The van der Waals surface area contributed by atoms with Gasteiger partial charge in [-0.25, -0.2) is 17.2 Å². The molecule has 0 saturated carbocycles. The van der Waals surface area contributed by atoms with E-state index in [1.165, 1.54) is 0 Å². The van der Waals surface area contributed by atoms with Crippen molar-refractivity contribution >= 4 is 35.7 Å². The Kier molecular flexibility index (Phi) is 3.49. The minimum Gasteiger partial charge on any atom is -0.207 e. The molecule has 14 heavy (non-hydrogen) atoms. The van der Waals surface area contributed by atoms with Crippen LogP contribution in [0.5, 0.6) is 0 Å². The highest BCUT2D eigenvalue weighted by Crippen LogP contribution is 2.30. The molecule has 1 aromatic rings. The van der Waals surface area contributed by atoms with Crippen molar-refractivity contribution in [3.63, 3.8) is 0 Å². The average Bonchev–Trinajstić information content (AvgIpc) is 2.01. The summed E-state index contributed by atoms with van der Waals surface area (Å²) in [6.07, 6.45) is -2.66. The van der Waals surface area contributed by atoms with Crippen molar-refractivity contribution in [2.75, 3.05) is 0 Å². The van der Waals surface area contributed by atoms with E-state index >= 15 is 0 Å². The van der Waals surface area contributed by atoms with E-state index < -0.39 is 15.5 Å². The van der Waals surface area contributed by atoms with E-state index in [1.807, 2.05) is 0 Å². The van der Waals surface area contributed by atoms with Crippen molar-refractivity contribution in [1.29, 1.82) is 0 Å². The van der Waals surface area contributed by atoms with Gasteiger partial charge in [0.15, 0.2) is 0 Å². The molecular formula is C7H4BrClF2O2S. The van der Waals surface area contributed by atoms with Gasteiger partial charge in [0.25, 0.3) is 15.5 Å². The molecule has 0 N–H and O–H groups in total. The maximum atomic E-state index is 12.2. The first kappa shape index (κ1) is 11.9. The van der Waals surface area contributed by atoms with Crippen LogP contribution in [0.25, 0.3) is 0 Å². The van der Waals surface area contributed by atoms with Crippen LogP contribution in [0.15, 0.2) is 27.6 Å². The molecule has 1 rings (SSSR count). The summed E-state index contributed by atoms with van der Waals surface area (Å²) in [4.78, 5) is -0.213. The van der Waals surface area contributed by atoms with Crippen molar-refractivity contribution in [3.8, 4) is 0 Å².